The van der Waals surface area contributed by atoms with Gasteiger partial charge >= 0.3 is 0 Å². The quantitative estimate of drug-likeness (QED) is 0.876. The van der Waals surface area contributed by atoms with Crippen molar-refractivity contribution in [1.29, 1.82) is 0 Å². The Morgan fingerprint density at radius 2 is 1.90 bits per heavy atom. The highest BCUT2D eigenvalue weighted by atomic mass is 35.5. The van der Waals surface area contributed by atoms with Crippen LogP contribution in [0, 0.1) is 0 Å². The second kappa shape index (κ2) is 9.64. The van der Waals surface area contributed by atoms with E-state index in [4.69, 9.17) is 4.74 Å². The molecule has 0 aromatic heterocycles. The minimum absolute atomic E-state index is 0. The van der Waals surface area contributed by atoms with Gasteiger partial charge in [-0.1, -0.05) is 19.1 Å². The Labute approximate surface area is 133 Å². The third-order valence-corrected chi connectivity index (χ3v) is 3.49. The van der Waals surface area contributed by atoms with E-state index in [1.165, 1.54) is 5.56 Å². The van der Waals surface area contributed by atoms with E-state index in [2.05, 4.69) is 24.4 Å². The maximum absolute atomic E-state index is 12.1. The lowest BCUT2D eigenvalue weighted by Gasteiger charge is -2.27. The van der Waals surface area contributed by atoms with Crippen LogP contribution < -0.4 is 10.1 Å². The van der Waals surface area contributed by atoms with Crippen molar-refractivity contribution in [2.75, 3.05) is 32.8 Å². The van der Waals surface area contributed by atoms with Gasteiger partial charge in [-0.2, -0.15) is 0 Å². The number of carbonyl (C=O) groups excluding carboxylic acids is 1. The Morgan fingerprint density at radius 3 is 2.52 bits per heavy atom. The van der Waals surface area contributed by atoms with Gasteiger partial charge in [0.05, 0.1) is 6.61 Å². The number of piperazine rings is 1. The fourth-order valence-corrected chi connectivity index (χ4v) is 2.30. The molecule has 1 aliphatic rings. The van der Waals surface area contributed by atoms with Crippen LogP contribution in [0.4, 0.5) is 0 Å². The third kappa shape index (κ3) is 5.94. The van der Waals surface area contributed by atoms with Gasteiger partial charge in [0, 0.05) is 32.6 Å². The van der Waals surface area contributed by atoms with Gasteiger partial charge < -0.3 is 15.0 Å². The molecular weight excluding hydrogens is 288 g/mol. The summed E-state index contributed by atoms with van der Waals surface area (Å²) in [5.41, 5.74) is 1.19. The molecule has 1 aromatic rings. The number of ether oxygens (including phenoxy) is 1. The Morgan fingerprint density at radius 1 is 1.24 bits per heavy atom. The molecule has 0 aliphatic carbocycles. The van der Waals surface area contributed by atoms with E-state index in [1.54, 1.807) is 0 Å². The third-order valence-electron chi connectivity index (χ3n) is 3.49. The Kier molecular flexibility index (Phi) is 8.16. The van der Waals surface area contributed by atoms with Crippen molar-refractivity contribution >= 4 is 18.3 Å². The smallest absolute Gasteiger partial charge is 0.222 e. The fourth-order valence-electron chi connectivity index (χ4n) is 2.30. The first-order valence-corrected chi connectivity index (χ1v) is 7.50. The van der Waals surface area contributed by atoms with Crippen LogP contribution in [0.1, 0.15) is 25.3 Å². The van der Waals surface area contributed by atoms with Crippen LogP contribution in [0.2, 0.25) is 0 Å². The van der Waals surface area contributed by atoms with Gasteiger partial charge in [0.2, 0.25) is 5.91 Å². The Balaban J connectivity index is 0.00000220. The zero-order valence-corrected chi connectivity index (χ0v) is 13.5. The van der Waals surface area contributed by atoms with Crippen LogP contribution in [-0.4, -0.2) is 43.6 Å². The van der Waals surface area contributed by atoms with Gasteiger partial charge in [-0.05, 0) is 30.5 Å². The molecule has 1 aliphatic heterocycles. The molecular formula is C16H25ClN2O2. The number of carbonyl (C=O) groups is 1. The maximum Gasteiger partial charge on any atom is 0.222 e. The van der Waals surface area contributed by atoms with Crippen molar-refractivity contribution < 1.29 is 9.53 Å². The van der Waals surface area contributed by atoms with Gasteiger partial charge in [-0.25, -0.2) is 0 Å². The Hall–Kier alpha value is -1.26. The molecule has 1 saturated heterocycles. The molecule has 1 aromatic carbocycles. The van der Waals surface area contributed by atoms with E-state index in [-0.39, 0.29) is 18.3 Å². The number of nitrogens with zero attached hydrogens (tertiary/aromatic N) is 1. The van der Waals surface area contributed by atoms with Crippen molar-refractivity contribution in [3.05, 3.63) is 29.8 Å². The minimum Gasteiger partial charge on any atom is -0.494 e. The SMILES string of the molecule is CCCOc1ccc(CCC(=O)N2CCNCC2)cc1.Cl. The summed E-state index contributed by atoms with van der Waals surface area (Å²) in [6.07, 6.45) is 2.41. The average Bonchev–Trinajstić information content (AvgIpc) is 2.52. The normalized spacial score (nSPS) is 14.4. The van der Waals surface area contributed by atoms with E-state index in [1.807, 2.05) is 17.0 Å². The predicted octanol–water partition coefficient (Wildman–Crippen LogP) is 2.26. The summed E-state index contributed by atoms with van der Waals surface area (Å²) in [5, 5.41) is 3.26. The molecule has 1 N–H and O–H groups in total. The predicted molar refractivity (Wildman–Crippen MR) is 87.2 cm³/mol. The van der Waals surface area contributed by atoms with Crippen molar-refractivity contribution in [2.24, 2.45) is 0 Å². The van der Waals surface area contributed by atoms with Crippen LogP contribution in [0.25, 0.3) is 0 Å². The molecule has 5 heteroatoms. The summed E-state index contributed by atoms with van der Waals surface area (Å²) in [5.74, 6) is 1.17. The summed E-state index contributed by atoms with van der Waals surface area (Å²) >= 11 is 0. The molecule has 0 unspecified atom stereocenters. The number of rotatable bonds is 6. The first-order chi connectivity index (χ1) is 9.79. The lowest BCUT2D eigenvalue weighted by Crippen LogP contribution is -2.46. The number of hydrogen-bond donors (Lipinski definition) is 1. The molecule has 118 valence electrons. The summed E-state index contributed by atoms with van der Waals surface area (Å²) in [6, 6.07) is 8.08. The lowest BCUT2D eigenvalue weighted by atomic mass is 10.1. The van der Waals surface area contributed by atoms with E-state index in [0.717, 1.165) is 51.4 Å². The molecule has 2 rings (SSSR count). The standard InChI is InChI=1S/C16H24N2O2.ClH/c1-2-13-20-15-6-3-14(4-7-15)5-8-16(19)18-11-9-17-10-12-18;/h3-4,6-7,17H,2,5,8-13H2,1H3;1H. The van der Waals surface area contributed by atoms with E-state index >= 15 is 0 Å². The minimum atomic E-state index is 0. The topological polar surface area (TPSA) is 41.6 Å². The molecule has 1 amide bonds. The highest BCUT2D eigenvalue weighted by Crippen LogP contribution is 2.14. The largest absolute Gasteiger partial charge is 0.494 e. The summed E-state index contributed by atoms with van der Waals surface area (Å²) in [4.78, 5) is 14.0. The first-order valence-electron chi connectivity index (χ1n) is 7.50. The first kappa shape index (κ1) is 17.8. The monoisotopic (exact) mass is 312 g/mol. The van der Waals surface area contributed by atoms with Crippen molar-refractivity contribution in [2.45, 2.75) is 26.2 Å². The number of aryl methyl sites for hydroxylation is 1. The number of hydrogen-bond acceptors (Lipinski definition) is 3. The van der Waals surface area contributed by atoms with Gasteiger partial charge in [0.25, 0.3) is 0 Å². The summed E-state index contributed by atoms with van der Waals surface area (Å²) in [6.45, 7) is 6.34. The maximum atomic E-state index is 12.1. The number of benzene rings is 1. The molecule has 0 radical (unpaired) electrons. The summed E-state index contributed by atoms with van der Waals surface area (Å²) < 4.78 is 5.55. The van der Waals surface area contributed by atoms with Crippen molar-refractivity contribution in [3.8, 4) is 5.75 Å². The van der Waals surface area contributed by atoms with Crippen molar-refractivity contribution in [3.63, 3.8) is 0 Å². The fraction of sp³-hybridized carbons (Fsp3) is 0.562. The molecule has 0 spiro atoms. The second-order valence-corrected chi connectivity index (χ2v) is 5.12. The van der Waals surface area contributed by atoms with Crippen LogP contribution in [0.15, 0.2) is 24.3 Å². The number of amides is 1. The second-order valence-electron chi connectivity index (χ2n) is 5.12. The number of halogens is 1. The van der Waals surface area contributed by atoms with E-state index in [9.17, 15) is 4.79 Å². The van der Waals surface area contributed by atoms with Gasteiger partial charge in [0.1, 0.15) is 5.75 Å². The lowest BCUT2D eigenvalue weighted by molar-refractivity contribution is -0.131. The van der Waals surface area contributed by atoms with E-state index in [0.29, 0.717) is 6.42 Å². The summed E-state index contributed by atoms with van der Waals surface area (Å²) in [7, 11) is 0. The molecule has 4 nitrogen and oxygen atoms in total. The Bertz CT molecular complexity index is 417. The van der Waals surface area contributed by atoms with E-state index < -0.39 is 0 Å². The van der Waals surface area contributed by atoms with Crippen LogP contribution in [-0.2, 0) is 11.2 Å². The molecule has 0 bridgehead atoms. The van der Waals surface area contributed by atoms with Gasteiger partial charge in [-0.3, -0.25) is 4.79 Å². The zero-order chi connectivity index (χ0) is 14.2. The molecule has 0 atom stereocenters. The molecule has 1 heterocycles. The molecule has 1 fully saturated rings. The highest BCUT2D eigenvalue weighted by molar-refractivity contribution is 5.85. The highest BCUT2D eigenvalue weighted by Gasteiger charge is 2.15. The van der Waals surface area contributed by atoms with Gasteiger partial charge in [0.15, 0.2) is 0 Å². The average molecular weight is 313 g/mol. The van der Waals surface area contributed by atoms with Crippen molar-refractivity contribution in [1.82, 2.24) is 10.2 Å². The molecule has 21 heavy (non-hydrogen) atoms. The number of nitrogens with one attached hydrogen (secondary N) is 1. The zero-order valence-electron chi connectivity index (χ0n) is 12.6. The van der Waals surface area contributed by atoms with Crippen LogP contribution in [0.3, 0.4) is 0 Å². The molecule has 0 saturated carbocycles. The van der Waals surface area contributed by atoms with Crippen LogP contribution >= 0.6 is 12.4 Å². The van der Waals surface area contributed by atoms with Gasteiger partial charge in [-0.15, -0.1) is 12.4 Å². The van der Waals surface area contributed by atoms with Crippen LogP contribution in [0.5, 0.6) is 5.75 Å².